The highest BCUT2D eigenvalue weighted by atomic mass is 35.5. The van der Waals surface area contributed by atoms with Crippen LogP contribution in [0.3, 0.4) is 0 Å². The molecule has 4 rings (SSSR count). The Kier molecular flexibility index (Phi) is 8.65. The monoisotopic (exact) mass is 543 g/mol. The molecule has 206 valence electrons. The van der Waals surface area contributed by atoms with Crippen molar-refractivity contribution in [3.63, 3.8) is 0 Å². The minimum atomic E-state index is -1.08. The van der Waals surface area contributed by atoms with Crippen molar-refractivity contribution in [3.8, 4) is 0 Å². The Bertz CT molecular complexity index is 1090. The normalized spacial score (nSPS) is 27.4. The van der Waals surface area contributed by atoms with E-state index < -0.39 is 29.6 Å². The van der Waals surface area contributed by atoms with Crippen LogP contribution in [-0.2, 0) is 19.1 Å². The molecule has 38 heavy (non-hydrogen) atoms. The van der Waals surface area contributed by atoms with Crippen molar-refractivity contribution in [1.82, 2.24) is 9.80 Å². The van der Waals surface area contributed by atoms with Gasteiger partial charge >= 0.3 is 0 Å². The number of unbranched alkanes of at least 4 members (excludes halogenated alkanes) is 2. The SMILES string of the molecule is C=CCN(C)C(=O)[C@@H]1[C@H]2C(=O)N(CCCCCO)C(C(=O)N(CC=C)c3c(C)cccc3Cl)C23CC[C@H]1O3. The zero-order valence-corrected chi connectivity index (χ0v) is 23.0. The van der Waals surface area contributed by atoms with Gasteiger partial charge in [-0.1, -0.05) is 35.9 Å². The first-order chi connectivity index (χ1) is 18.2. The van der Waals surface area contributed by atoms with E-state index in [-0.39, 0.29) is 30.9 Å². The van der Waals surface area contributed by atoms with E-state index in [1.807, 2.05) is 19.1 Å². The van der Waals surface area contributed by atoms with Crippen LogP contribution in [0.5, 0.6) is 0 Å². The number of para-hydroxylation sites is 1. The molecule has 1 spiro atoms. The highest BCUT2D eigenvalue weighted by molar-refractivity contribution is 6.34. The number of carbonyl (C=O) groups excluding carboxylic acids is 3. The Morgan fingerprint density at radius 3 is 2.61 bits per heavy atom. The molecule has 2 unspecified atom stereocenters. The number of aliphatic hydroxyl groups is 1. The number of aryl methyl sites for hydroxylation is 1. The topological polar surface area (TPSA) is 90.4 Å². The van der Waals surface area contributed by atoms with Crippen molar-refractivity contribution >= 4 is 35.0 Å². The molecule has 3 aliphatic rings. The molecule has 3 heterocycles. The second-order valence-electron chi connectivity index (χ2n) is 10.5. The van der Waals surface area contributed by atoms with Crippen molar-refractivity contribution in [2.24, 2.45) is 11.8 Å². The van der Waals surface area contributed by atoms with Crippen molar-refractivity contribution in [3.05, 3.63) is 54.1 Å². The van der Waals surface area contributed by atoms with E-state index in [9.17, 15) is 19.5 Å². The lowest BCUT2D eigenvalue weighted by atomic mass is 9.70. The summed E-state index contributed by atoms with van der Waals surface area (Å²) >= 11 is 6.59. The number of likely N-dealkylation sites (tertiary alicyclic amines) is 1. The molecule has 8 nitrogen and oxygen atoms in total. The molecule has 1 aromatic rings. The molecular weight excluding hydrogens is 506 g/mol. The number of aliphatic hydroxyl groups excluding tert-OH is 1. The van der Waals surface area contributed by atoms with E-state index in [1.165, 1.54) is 0 Å². The van der Waals surface area contributed by atoms with E-state index in [0.717, 1.165) is 5.56 Å². The van der Waals surface area contributed by atoms with Gasteiger partial charge in [-0.05, 0) is 50.7 Å². The third-order valence-electron chi connectivity index (χ3n) is 8.19. The molecule has 0 saturated carbocycles. The van der Waals surface area contributed by atoms with Crippen molar-refractivity contribution in [2.45, 2.75) is 56.8 Å². The van der Waals surface area contributed by atoms with Crippen LogP contribution in [0.1, 0.15) is 37.7 Å². The van der Waals surface area contributed by atoms with Gasteiger partial charge in [0.1, 0.15) is 11.6 Å². The maximum Gasteiger partial charge on any atom is 0.253 e. The van der Waals surface area contributed by atoms with Crippen LogP contribution in [0.25, 0.3) is 0 Å². The summed E-state index contributed by atoms with van der Waals surface area (Å²) in [6.07, 6.45) is 5.97. The van der Waals surface area contributed by atoms with Gasteiger partial charge in [-0.15, -0.1) is 13.2 Å². The fourth-order valence-electron chi connectivity index (χ4n) is 6.60. The quantitative estimate of drug-likeness (QED) is 0.322. The third kappa shape index (κ3) is 4.67. The summed E-state index contributed by atoms with van der Waals surface area (Å²) in [5.41, 5.74) is 0.327. The molecule has 2 bridgehead atoms. The van der Waals surface area contributed by atoms with E-state index in [2.05, 4.69) is 13.2 Å². The van der Waals surface area contributed by atoms with Crippen molar-refractivity contribution in [2.75, 3.05) is 38.2 Å². The van der Waals surface area contributed by atoms with Gasteiger partial charge in [0.25, 0.3) is 5.91 Å². The van der Waals surface area contributed by atoms with E-state index in [0.29, 0.717) is 55.9 Å². The van der Waals surface area contributed by atoms with Crippen molar-refractivity contribution in [1.29, 1.82) is 0 Å². The number of rotatable bonds is 12. The lowest BCUT2D eigenvalue weighted by Crippen LogP contribution is -2.56. The Morgan fingerprint density at radius 2 is 1.95 bits per heavy atom. The number of ether oxygens (including phenoxy) is 1. The number of anilines is 1. The van der Waals surface area contributed by atoms with Gasteiger partial charge in [0.2, 0.25) is 11.8 Å². The lowest BCUT2D eigenvalue weighted by Gasteiger charge is -2.37. The molecule has 3 amide bonds. The van der Waals surface area contributed by atoms with Crippen LogP contribution in [0.2, 0.25) is 5.02 Å². The maximum atomic E-state index is 14.5. The minimum Gasteiger partial charge on any atom is -0.396 e. The number of fused-ring (bicyclic) bond motifs is 1. The highest BCUT2D eigenvalue weighted by Gasteiger charge is 2.74. The average Bonchev–Trinajstić information content (AvgIpc) is 3.53. The molecule has 9 heteroatoms. The van der Waals surface area contributed by atoms with Crippen LogP contribution in [0, 0.1) is 18.8 Å². The second kappa shape index (κ2) is 11.6. The molecule has 1 aromatic carbocycles. The first-order valence-corrected chi connectivity index (χ1v) is 13.7. The van der Waals surface area contributed by atoms with Gasteiger partial charge in [0.15, 0.2) is 0 Å². The maximum absolute atomic E-state index is 14.5. The first kappa shape index (κ1) is 28.3. The molecule has 3 aliphatic heterocycles. The molecule has 3 fully saturated rings. The zero-order valence-electron chi connectivity index (χ0n) is 22.3. The number of halogens is 1. The summed E-state index contributed by atoms with van der Waals surface area (Å²) in [7, 11) is 1.70. The number of carbonyl (C=O) groups is 3. The second-order valence-corrected chi connectivity index (χ2v) is 10.9. The Morgan fingerprint density at radius 1 is 1.21 bits per heavy atom. The Labute approximate surface area is 229 Å². The molecule has 0 aliphatic carbocycles. The van der Waals surface area contributed by atoms with Crippen LogP contribution in [0.4, 0.5) is 5.69 Å². The van der Waals surface area contributed by atoms with Gasteiger partial charge in [-0.25, -0.2) is 0 Å². The van der Waals surface area contributed by atoms with Crippen LogP contribution < -0.4 is 4.90 Å². The molecule has 0 aromatic heterocycles. The number of benzene rings is 1. The summed E-state index contributed by atoms with van der Waals surface area (Å²) in [5.74, 6) is -2.03. The van der Waals surface area contributed by atoms with Crippen molar-refractivity contribution < 1.29 is 24.2 Å². The summed E-state index contributed by atoms with van der Waals surface area (Å²) in [6, 6.07) is 4.57. The molecule has 0 radical (unpaired) electrons. The molecule has 1 N–H and O–H groups in total. The van der Waals surface area contributed by atoms with E-state index >= 15 is 0 Å². The van der Waals surface area contributed by atoms with Crippen LogP contribution in [0.15, 0.2) is 43.5 Å². The minimum absolute atomic E-state index is 0.0682. The Balaban J connectivity index is 1.76. The van der Waals surface area contributed by atoms with Gasteiger partial charge in [-0.3, -0.25) is 14.4 Å². The fraction of sp³-hybridized carbons (Fsp3) is 0.552. The summed E-state index contributed by atoms with van der Waals surface area (Å²) < 4.78 is 6.55. The van der Waals surface area contributed by atoms with Gasteiger partial charge in [0, 0.05) is 33.3 Å². The van der Waals surface area contributed by atoms with Gasteiger partial charge in [-0.2, -0.15) is 0 Å². The summed E-state index contributed by atoms with van der Waals surface area (Å²) in [4.78, 5) is 46.9. The fourth-order valence-corrected chi connectivity index (χ4v) is 6.92. The van der Waals surface area contributed by atoms with Gasteiger partial charge in [0.05, 0.1) is 28.6 Å². The largest absolute Gasteiger partial charge is 0.396 e. The predicted octanol–water partition coefficient (Wildman–Crippen LogP) is 3.35. The molecular formula is C29H38ClN3O5. The standard InChI is InChI=1S/C29H38ClN3O5/c1-5-15-31(4)26(35)22-21-13-14-29(38-21)23(22)27(36)33(17-8-7-9-18-34)25(29)28(37)32(16-6-2)24-19(3)11-10-12-20(24)30/h5-6,10-12,21-23,25,34H,1-2,7-9,13-18H2,3-4H3/t21-,22+,23+,25?,29?/m1/s1. The van der Waals surface area contributed by atoms with Crippen LogP contribution in [-0.4, -0.2) is 83.7 Å². The van der Waals surface area contributed by atoms with E-state index in [4.69, 9.17) is 16.3 Å². The average molecular weight is 544 g/mol. The van der Waals surface area contributed by atoms with Crippen LogP contribution >= 0.6 is 11.6 Å². The Hall–Kier alpha value is -2.68. The summed E-state index contributed by atoms with van der Waals surface area (Å²) in [5, 5.41) is 9.67. The first-order valence-electron chi connectivity index (χ1n) is 13.4. The predicted molar refractivity (Wildman–Crippen MR) is 147 cm³/mol. The molecule has 5 atom stereocenters. The lowest BCUT2D eigenvalue weighted by molar-refractivity contribution is -0.144. The summed E-state index contributed by atoms with van der Waals surface area (Å²) in [6.45, 7) is 10.4. The van der Waals surface area contributed by atoms with E-state index in [1.54, 1.807) is 40.0 Å². The number of hydrogen-bond donors (Lipinski definition) is 1. The number of nitrogens with zero attached hydrogens (tertiary/aromatic N) is 3. The molecule has 3 saturated heterocycles. The number of hydrogen-bond acceptors (Lipinski definition) is 5. The smallest absolute Gasteiger partial charge is 0.253 e. The highest BCUT2D eigenvalue weighted by Crippen LogP contribution is 2.59. The zero-order chi connectivity index (χ0) is 27.6. The number of likely N-dealkylation sites (N-methyl/N-ethyl adjacent to an activating group) is 1. The number of amides is 3. The third-order valence-corrected chi connectivity index (χ3v) is 8.50. The van der Waals surface area contributed by atoms with Gasteiger partial charge < -0.3 is 24.5 Å².